The van der Waals surface area contributed by atoms with Crippen molar-refractivity contribution in [3.05, 3.63) is 43.5 Å². The second kappa shape index (κ2) is 5.18. The molecule has 8 heteroatoms. The summed E-state index contributed by atoms with van der Waals surface area (Å²) >= 11 is 9.11. The molecule has 0 spiro atoms. The van der Waals surface area contributed by atoms with Crippen LogP contribution in [0.5, 0.6) is 11.6 Å². The van der Waals surface area contributed by atoms with Gasteiger partial charge in [0, 0.05) is 12.1 Å². The SMILES string of the molecule is Cc1nn(C)c(Oc2ccc(Cl)cc2Br)c1[N+](=O)[O-]. The van der Waals surface area contributed by atoms with Crippen molar-refractivity contribution >= 4 is 33.2 Å². The number of hydrogen-bond donors (Lipinski definition) is 0. The largest absolute Gasteiger partial charge is 0.433 e. The predicted molar refractivity (Wildman–Crippen MR) is 73.8 cm³/mol. The minimum atomic E-state index is -0.512. The number of hydrogen-bond acceptors (Lipinski definition) is 4. The van der Waals surface area contributed by atoms with E-state index in [0.29, 0.717) is 20.9 Å². The van der Waals surface area contributed by atoms with Gasteiger partial charge in [0.1, 0.15) is 11.4 Å². The number of aromatic nitrogens is 2. The van der Waals surface area contributed by atoms with E-state index in [1.807, 2.05) is 0 Å². The molecule has 100 valence electrons. The molecule has 0 aliphatic heterocycles. The lowest BCUT2D eigenvalue weighted by molar-refractivity contribution is -0.386. The van der Waals surface area contributed by atoms with Crippen molar-refractivity contribution in [2.24, 2.45) is 7.05 Å². The van der Waals surface area contributed by atoms with Crippen LogP contribution in [0.3, 0.4) is 0 Å². The van der Waals surface area contributed by atoms with Gasteiger partial charge in [-0.2, -0.15) is 5.10 Å². The molecule has 0 aliphatic carbocycles. The van der Waals surface area contributed by atoms with E-state index in [1.165, 1.54) is 4.68 Å². The van der Waals surface area contributed by atoms with E-state index in [1.54, 1.807) is 32.2 Å². The van der Waals surface area contributed by atoms with Crippen LogP contribution in [0, 0.1) is 17.0 Å². The molecular formula is C11H9BrClN3O3. The molecule has 0 amide bonds. The molecule has 0 atom stereocenters. The summed E-state index contributed by atoms with van der Waals surface area (Å²) in [6.45, 7) is 1.56. The molecule has 1 aromatic carbocycles. The third-order valence-electron chi connectivity index (χ3n) is 2.42. The Morgan fingerprint density at radius 3 is 2.79 bits per heavy atom. The minimum Gasteiger partial charge on any atom is -0.433 e. The third-order valence-corrected chi connectivity index (χ3v) is 3.28. The number of rotatable bonds is 3. The summed E-state index contributed by atoms with van der Waals surface area (Å²) < 4.78 is 7.49. The Hall–Kier alpha value is -1.60. The van der Waals surface area contributed by atoms with E-state index in [4.69, 9.17) is 16.3 Å². The van der Waals surface area contributed by atoms with Crippen LogP contribution in [0.25, 0.3) is 0 Å². The van der Waals surface area contributed by atoms with Crippen LogP contribution in [0.1, 0.15) is 5.69 Å². The summed E-state index contributed by atoms with van der Waals surface area (Å²) in [5.74, 6) is 0.501. The monoisotopic (exact) mass is 345 g/mol. The Labute approximate surface area is 122 Å². The van der Waals surface area contributed by atoms with E-state index in [-0.39, 0.29) is 11.6 Å². The first kappa shape index (κ1) is 13.8. The molecule has 0 fully saturated rings. The molecule has 0 bridgehead atoms. The summed E-state index contributed by atoms with van der Waals surface area (Å²) in [5.41, 5.74) is 0.150. The highest BCUT2D eigenvalue weighted by atomic mass is 79.9. The molecule has 0 radical (unpaired) electrons. The fourth-order valence-corrected chi connectivity index (χ4v) is 2.38. The van der Waals surface area contributed by atoms with Crippen LogP contribution in [0.2, 0.25) is 5.02 Å². The maximum absolute atomic E-state index is 11.0. The van der Waals surface area contributed by atoms with Crippen molar-refractivity contribution in [1.82, 2.24) is 9.78 Å². The van der Waals surface area contributed by atoms with Crippen molar-refractivity contribution in [3.8, 4) is 11.6 Å². The topological polar surface area (TPSA) is 70.2 Å². The summed E-state index contributed by atoms with van der Waals surface area (Å²) in [6, 6.07) is 4.90. The van der Waals surface area contributed by atoms with Crippen LogP contribution in [0.15, 0.2) is 22.7 Å². The molecule has 0 N–H and O–H groups in total. The Bertz CT molecular complexity index is 657. The average molecular weight is 347 g/mol. The van der Waals surface area contributed by atoms with E-state index >= 15 is 0 Å². The zero-order valence-corrected chi connectivity index (χ0v) is 12.4. The molecule has 0 unspecified atom stereocenters. The lowest BCUT2D eigenvalue weighted by atomic mass is 10.3. The van der Waals surface area contributed by atoms with Gasteiger partial charge in [0.05, 0.1) is 9.40 Å². The van der Waals surface area contributed by atoms with E-state index < -0.39 is 4.92 Å². The van der Waals surface area contributed by atoms with Crippen molar-refractivity contribution in [2.45, 2.75) is 6.92 Å². The predicted octanol–water partition coefficient (Wildman–Crippen LogP) is 3.84. The molecule has 1 heterocycles. The maximum Gasteiger partial charge on any atom is 0.353 e. The zero-order valence-electron chi connectivity index (χ0n) is 10.1. The fraction of sp³-hybridized carbons (Fsp3) is 0.182. The standard InChI is InChI=1S/C11H9BrClN3O3/c1-6-10(16(17)18)11(15(2)14-6)19-9-4-3-7(13)5-8(9)12/h3-5H,1-2H3. The first-order valence-corrected chi connectivity index (χ1v) is 6.38. The number of ether oxygens (including phenoxy) is 1. The van der Waals surface area contributed by atoms with Gasteiger partial charge in [-0.3, -0.25) is 10.1 Å². The van der Waals surface area contributed by atoms with Crippen molar-refractivity contribution in [2.75, 3.05) is 0 Å². The first-order chi connectivity index (χ1) is 8.90. The molecule has 2 rings (SSSR count). The Morgan fingerprint density at radius 1 is 1.53 bits per heavy atom. The van der Waals surface area contributed by atoms with Crippen molar-refractivity contribution < 1.29 is 9.66 Å². The van der Waals surface area contributed by atoms with Crippen LogP contribution in [0.4, 0.5) is 5.69 Å². The second-order valence-electron chi connectivity index (χ2n) is 3.80. The van der Waals surface area contributed by atoms with Gasteiger partial charge in [-0.1, -0.05) is 11.6 Å². The molecule has 2 aromatic rings. The maximum atomic E-state index is 11.0. The lowest BCUT2D eigenvalue weighted by Gasteiger charge is -2.07. The van der Waals surface area contributed by atoms with E-state index in [0.717, 1.165) is 0 Å². The van der Waals surface area contributed by atoms with Gasteiger partial charge in [-0.15, -0.1) is 0 Å². The Morgan fingerprint density at radius 2 is 2.21 bits per heavy atom. The quantitative estimate of drug-likeness (QED) is 0.625. The van der Waals surface area contributed by atoms with Crippen LogP contribution < -0.4 is 4.74 Å². The molecular weight excluding hydrogens is 337 g/mol. The molecule has 19 heavy (non-hydrogen) atoms. The lowest BCUT2D eigenvalue weighted by Crippen LogP contribution is -1.98. The molecule has 0 saturated heterocycles. The van der Waals surface area contributed by atoms with Crippen molar-refractivity contribution in [3.63, 3.8) is 0 Å². The summed E-state index contributed by atoms with van der Waals surface area (Å²) in [7, 11) is 1.58. The van der Waals surface area contributed by atoms with Crippen LogP contribution in [-0.4, -0.2) is 14.7 Å². The van der Waals surface area contributed by atoms with Gasteiger partial charge >= 0.3 is 5.69 Å². The molecule has 6 nitrogen and oxygen atoms in total. The zero-order chi connectivity index (χ0) is 14.2. The van der Waals surface area contributed by atoms with Gasteiger partial charge in [0.2, 0.25) is 0 Å². The number of nitro groups is 1. The third kappa shape index (κ3) is 2.71. The van der Waals surface area contributed by atoms with Crippen LogP contribution >= 0.6 is 27.5 Å². The second-order valence-corrected chi connectivity index (χ2v) is 5.09. The summed E-state index contributed by atoms with van der Waals surface area (Å²) in [4.78, 5) is 10.5. The number of aryl methyl sites for hydroxylation is 2. The van der Waals surface area contributed by atoms with E-state index in [9.17, 15) is 10.1 Å². The highest BCUT2D eigenvalue weighted by molar-refractivity contribution is 9.10. The van der Waals surface area contributed by atoms with Gasteiger partial charge < -0.3 is 4.74 Å². The molecule has 0 aliphatic rings. The number of benzene rings is 1. The van der Waals surface area contributed by atoms with E-state index in [2.05, 4.69) is 21.0 Å². The van der Waals surface area contributed by atoms with Gasteiger partial charge in [-0.05, 0) is 41.1 Å². The molecule has 0 saturated carbocycles. The van der Waals surface area contributed by atoms with Crippen LogP contribution in [-0.2, 0) is 7.05 Å². The highest BCUT2D eigenvalue weighted by Gasteiger charge is 2.26. The summed E-state index contributed by atoms with van der Waals surface area (Å²) in [5, 5.41) is 15.5. The minimum absolute atomic E-state index is 0.0746. The summed E-state index contributed by atoms with van der Waals surface area (Å²) in [6.07, 6.45) is 0. The Kier molecular flexibility index (Phi) is 3.77. The average Bonchev–Trinajstić information content (AvgIpc) is 2.57. The smallest absolute Gasteiger partial charge is 0.353 e. The normalized spacial score (nSPS) is 10.5. The Balaban J connectivity index is 2.46. The van der Waals surface area contributed by atoms with Gasteiger partial charge in [-0.25, -0.2) is 4.68 Å². The number of halogens is 2. The van der Waals surface area contributed by atoms with Crippen molar-refractivity contribution in [1.29, 1.82) is 0 Å². The molecule has 1 aromatic heterocycles. The van der Waals surface area contributed by atoms with Gasteiger partial charge in [0.15, 0.2) is 0 Å². The fourth-order valence-electron chi connectivity index (χ4n) is 1.61. The number of nitrogens with zero attached hydrogens (tertiary/aromatic N) is 3. The highest BCUT2D eigenvalue weighted by Crippen LogP contribution is 2.37. The first-order valence-electron chi connectivity index (χ1n) is 5.21. The van der Waals surface area contributed by atoms with Gasteiger partial charge in [0.25, 0.3) is 5.88 Å².